The van der Waals surface area contributed by atoms with Gasteiger partial charge in [-0.05, 0) is 52.0 Å². The predicted octanol–water partition coefficient (Wildman–Crippen LogP) is 3.08. The zero-order valence-electron chi connectivity index (χ0n) is 11.3. The van der Waals surface area contributed by atoms with E-state index in [1.54, 1.807) is 6.07 Å². The van der Waals surface area contributed by atoms with E-state index in [0.29, 0.717) is 37.4 Å². The first kappa shape index (κ1) is 14.4. The number of nitrogens with one attached hydrogen (secondary N) is 1. The van der Waals surface area contributed by atoms with Crippen molar-refractivity contribution in [2.24, 2.45) is 5.84 Å². The monoisotopic (exact) mass is 351 g/mol. The van der Waals surface area contributed by atoms with Gasteiger partial charge in [0.25, 0.3) is 0 Å². The molecule has 6 heteroatoms. The van der Waals surface area contributed by atoms with Gasteiger partial charge < -0.3 is 10.2 Å². The lowest BCUT2D eigenvalue weighted by Gasteiger charge is -2.11. The van der Waals surface area contributed by atoms with Crippen molar-refractivity contribution >= 4 is 21.7 Å². The van der Waals surface area contributed by atoms with Crippen LogP contribution in [0.15, 0.2) is 28.7 Å². The minimum Gasteiger partial charge on any atom is -0.372 e. The van der Waals surface area contributed by atoms with Gasteiger partial charge >= 0.3 is 0 Å². The molecule has 1 aliphatic rings. The molecule has 1 aromatic heterocycles. The number of hydrazine groups is 1. The molecule has 0 atom stereocenters. The van der Waals surface area contributed by atoms with Crippen LogP contribution in [0.5, 0.6) is 0 Å². The third kappa shape index (κ3) is 2.92. The Morgan fingerprint density at radius 2 is 2.05 bits per heavy atom. The van der Waals surface area contributed by atoms with Crippen molar-refractivity contribution < 1.29 is 9.13 Å². The minimum atomic E-state index is -0.186. The highest BCUT2D eigenvalue weighted by Crippen LogP contribution is 2.27. The maximum atomic E-state index is 14.0. The van der Waals surface area contributed by atoms with Crippen LogP contribution in [-0.2, 0) is 30.8 Å². The molecule has 1 aliphatic heterocycles. The average Bonchev–Trinajstić information content (AvgIpc) is 2.55. The van der Waals surface area contributed by atoms with Crippen LogP contribution in [0, 0.1) is 5.82 Å². The Hall–Kier alpha value is -1.50. The van der Waals surface area contributed by atoms with Crippen LogP contribution in [0.3, 0.4) is 0 Å². The molecule has 2 aromatic rings. The molecule has 0 unspecified atom stereocenters. The molecule has 0 aliphatic carbocycles. The standard InChI is InChI=1S/C15H15BrFN3O/c16-12-6-10-8-21-7-9-2-1-3-13(17)11(9)4-5-14(10)19-15(12)20-18/h1-3,6H,4-5,7-8,18H2,(H,19,20). The molecular weight excluding hydrogens is 337 g/mol. The van der Waals surface area contributed by atoms with E-state index in [-0.39, 0.29) is 5.82 Å². The van der Waals surface area contributed by atoms with Gasteiger partial charge in [-0.1, -0.05) is 12.1 Å². The lowest BCUT2D eigenvalue weighted by Crippen LogP contribution is -2.12. The number of benzene rings is 1. The van der Waals surface area contributed by atoms with Crippen LogP contribution in [0.1, 0.15) is 22.4 Å². The lowest BCUT2D eigenvalue weighted by atomic mass is 10.0. The van der Waals surface area contributed by atoms with E-state index in [1.165, 1.54) is 6.07 Å². The van der Waals surface area contributed by atoms with Crippen LogP contribution in [-0.4, -0.2) is 4.98 Å². The van der Waals surface area contributed by atoms with Gasteiger partial charge in [-0.2, -0.15) is 0 Å². The van der Waals surface area contributed by atoms with E-state index in [2.05, 4.69) is 26.3 Å². The predicted molar refractivity (Wildman–Crippen MR) is 82.0 cm³/mol. The molecule has 1 aromatic carbocycles. The average molecular weight is 352 g/mol. The molecular formula is C15H15BrFN3O. The Bertz CT molecular complexity index is 678. The summed E-state index contributed by atoms with van der Waals surface area (Å²) in [7, 11) is 0. The highest BCUT2D eigenvalue weighted by molar-refractivity contribution is 9.10. The first-order chi connectivity index (χ1) is 10.2. The van der Waals surface area contributed by atoms with Crippen LogP contribution in [0.2, 0.25) is 0 Å². The van der Waals surface area contributed by atoms with E-state index < -0.39 is 0 Å². The number of halogens is 2. The third-order valence-corrected chi connectivity index (χ3v) is 4.23. The fourth-order valence-corrected chi connectivity index (χ4v) is 3.02. The van der Waals surface area contributed by atoms with Gasteiger partial charge in [0.05, 0.1) is 17.7 Å². The van der Waals surface area contributed by atoms with Gasteiger partial charge in [0, 0.05) is 11.3 Å². The molecule has 0 amide bonds. The Kier molecular flexibility index (Phi) is 4.19. The fourth-order valence-electron chi connectivity index (χ4n) is 2.54. The number of nitrogens with zero attached hydrogens (tertiary/aromatic N) is 1. The van der Waals surface area contributed by atoms with E-state index in [0.717, 1.165) is 21.3 Å². The normalized spacial score (nSPS) is 14.4. The van der Waals surface area contributed by atoms with Crippen molar-refractivity contribution in [3.05, 3.63) is 56.9 Å². The van der Waals surface area contributed by atoms with E-state index in [1.807, 2.05) is 12.1 Å². The number of ether oxygens (including phenoxy) is 1. The van der Waals surface area contributed by atoms with Gasteiger partial charge in [-0.3, -0.25) is 0 Å². The number of nitrogens with two attached hydrogens (primary N) is 1. The largest absolute Gasteiger partial charge is 0.372 e. The van der Waals surface area contributed by atoms with Gasteiger partial charge in [0.2, 0.25) is 0 Å². The van der Waals surface area contributed by atoms with Gasteiger partial charge in [-0.15, -0.1) is 0 Å². The van der Waals surface area contributed by atoms with Crippen LogP contribution < -0.4 is 11.3 Å². The highest BCUT2D eigenvalue weighted by atomic mass is 79.9. The maximum absolute atomic E-state index is 14.0. The number of hydrogen-bond donors (Lipinski definition) is 2. The fraction of sp³-hybridized carbons (Fsp3) is 0.267. The second kappa shape index (κ2) is 6.09. The topological polar surface area (TPSA) is 60.2 Å². The number of hydrogen-bond acceptors (Lipinski definition) is 4. The molecule has 110 valence electrons. The third-order valence-electron chi connectivity index (χ3n) is 3.62. The smallest absolute Gasteiger partial charge is 0.154 e. The van der Waals surface area contributed by atoms with Crippen molar-refractivity contribution in [3.8, 4) is 0 Å². The molecule has 4 nitrogen and oxygen atoms in total. The number of anilines is 1. The summed E-state index contributed by atoms with van der Waals surface area (Å²) < 4.78 is 20.5. The molecule has 3 rings (SSSR count). The molecule has 0 saturated heterocycles. The Morgan fingerprint density at radius 1 is 1.24 bits per heavy atom. The summed E-state index contributed by atoms with van der Waals surface area (Å²) in [5, 5.41) is 0. The SMILES string of the molecule is NNc1nc2c(cc1Br)COCc1cccc(F)c1CC2. The Balaban J connectivity index is 1.99. The van der Waals surface area contributed by atoms with E-state index >= 15 is 0 Å². The van der Waals surface area contributed by atoms with Gasteiger partial charge in [0.1, 0.15) is 5.82 Å². The maximum Gasteiger partial charge on any atom is 0.154 e. The molecule has 2 heterocycles. The number of aromatic nitrogens is 1. The summed E-state index contributed by atoms with van der Waals surface area (Å²) in [6.07, 6.45) is 1.24. The first-order valence-corrected chi connectivity index (χ1v) is 7.47. The van der Waals surface area contributed by atoms with E-state index in [4.69, 9.17) is 10.6 Å². The summed E-state index contributed by atoms with van der Waals surface area (Å²) in [6, 6.07) is 7.06. The number of pyridine rings is 1. The number of aryl methyl sites for hydroxylation is 1. The zero-order chi connectivity index (χ0) is 14.8. The molecule has 0 saturated carbocycles. The summed E-state index contributed by atoms with van der Waals surface area (Å²) in [6.45, 7) is 0.850. The first-order valence-electron chi connectivity index (χ1n) is 6.68. The van der Waals surface area contributed by atoms with Crippen LogP contribution in [0.25, 0.3) is 0 Å². The molecule has 21 heavy (non-hydrogen) atoms. The van der Waals surface area contributed by atoms with Crippen molar-refractivity contribution in [1.82, 2.24) is 4.98 Å². The van der Waals surface area contributed by atoms with Crippen LogP contribution in [0.4, 0.5) is 10.2 Å². The molecule has 0 fully saturated rings. The summed E-state index contributed by atoms with van der Waals surface area (Å²) in [4.78, 5) is 4.49. The summed E-state index contributed by atoms with van der Waals surface area (Å²) >= 11 is 3.42. The van der Waals surface area contributed by atoms with Crippen LogP contribution >= 0.6 is 15.9 Å². The molecule has 0 radical (unpaired) electrons. The van der Waals surface area contributed by atoms with Crippen molar-refractivity contribution in [2.75, 3.05) is 5.43 Å². The lowest BCUT2D eigenvalue weighted by molar-refractivity contribution is 0.106. The minimum absolute atomic E-state index is 0.186. The zero-order valence-corrected chi connectivity index (χ0v) is 12.9. The molecule has 0 spiro atoms. The molecule has 0 bridgehead atoms. The highest BCUT2D eigenvalue weighted by Gasteiger charge is 2.16. The van der Waals surface area contributed by atoms with E-state index in [9.17, 15) is 4.39 Å². The van der Waals surface area contributed by atoms with Gasteiger partial charge in [0.15, 0.2) is 5.82 Å². The van der Waals surface area contributed by atoms with Crippen molar-refractivity contribution in [2.45, 2.75) is 26.1 Å². The second-order valence-corrected chi connectivity index (χ2v) is 5.79. The number of fused-ring (bicyclic) bond motifs is 2. The second-order valence-electron chi connectivity index (χ2n) is 4.94. The number of nitrogen functional groups attached to an aromatic ring is 1. The Morgan fingerprint density at radius 3 is 2.86 bits per heavy atom. The van der Waals surface area contributed by atoms with Crippen molar-refractivity contribution in [1.29, 1.82) is 0 Å². The van der Waals surface area contributed by atoms with Gasteiger partial charge in [-0.25, -0.2) is 15.2 Å². The number of rotatable bonds is 1. The van der Waals surface area contributed by atoms with Crippen molar-refractivity contribution in [3.63, 3.8) is 0 Å². The quantitative estimate of drug-likeness (QED) is 0.612. The summed E-state index contributed by atoms with van der Waals surface area (Å²) in [5.74, 6) is 5.84. The summed E-state index contributed by atoms with van der Waals surface area (Å²) in [5.41, 5.74) is 6.03. The Labute approximate surface area is 130 Å². The molecule has 3 N–H and O–H groups in total.